The molecule has 0 radical (unpaired) electrons. The first kappa shape index (κ1) is 11.3. The Morgan fingerprint density at radius 3 is 1.94 bits per heavy atom. The van der Waals surface area contributed by atoms with E-state index in [1.54, 1.807) is 0 Å². The fourth-order valence-corrected chi connectivity index (χ4v) is 3.58. The van der Waals surface area contributed by atoms with E-state index in [4.69, 9.17) is 0 Å². The van der Waals surface area contributed by atoms with Gasteiger partial charge in [0.05, 0.1) is 0 Å². The fourth-order valence-electron chi connectivity index (χ4n) is 1.74. The minimum Gasteiger partial charge on any atom is -0.0622 e. The summed E-state index contributed by atoms with van der Waals surface area (Å²) < 4.78 is 0. The lowest BCUT2D eigenvalue weighted by Crippen LogP contribution is -2.08. The number of benzene rings is 2. The Morgan fingerprint density at radius 2 is 1.38 bits per heavy atom. The van der Waals surface area contributed by atoms with E-state index in [1.807, 2.05) is 0 Å². The van der Waals surface area contributed by atoms with Gasteiger partial charge in [-0.05, 0) is 19.1 Å². The Labute approximate surface area is 101 Å². The average Bonchev–Trinajstić information content (AvgIpc) is 2.38. The van der Waals surface area contributed by atoms with Gasteiger partial charge in [-0.3, -0.25) is 0 Å². The van der Waals surface area contributed by atoms with Gasteiger partial charge in [0.15, 0.2) is 4.90 Å². The van der Waals surface area contributed by atoms with Crippen LogP contribution < -0.4 is 0 Å². The zero-order chi connectivity index (χ0) is 11.2. The number of hydrogen-bond donors (Lipinski definition) is 0. The lowest BCUT2D eigenvalue weighted by atomic mass is 10.2. The van der Waals surface area contributed by atoms with Gasteiger partial charge < -0.3 is 0 Å². The maximum atomic E-state index is 2.28. The largest absolute Gasteiger partial charge is 0.155 e. The molecular formula is C15H17S+. The quantitative estimate of drug-likeness (QED) is 0.698. The highest BCUT2D eigenvalue weighted by Crippen LogP contribution is 2.18. The molecule has 0 heterocycles. The molecule has 0 nitrogen and oxygen atoms in total. The molecule has 1 unspecified atom stereocenters. The molecule has 2 rings (SSSR count). The van der Waals surface area contributed by atoms with Crippen molar-refractivity contribution >= 4 is 10.9 Å². The molecule has 82 valence electrons. The van der Waals surface area contributed by atoms with E-state index in [1.165, 1.54) is 22.0 Å². The average molecular weight is 229 g/mol. The van der Waals surface area contributed by atoms with Gasteiger partial charge >= 0.3 is 0 Å². The van der Waals surface area contributed by atoms with Crippen molar-refractivity contribution in [2.24, 2.45) is 0 Å². The van der Waals surface area contributed by atoms with Crippen molar-refractivity contribution in [1.29, 1.82) is 0 Å². The van der Waals surface area contributed by atoms with Crippen molar-refractivity contribution in [3.05, 3.63) is 66.2 Å². The summed E-state index contributed by atoms with van der Waals surface area (Å²) in [6.45, 7) is 2.28. The standard InChI is InChI=1S/C15H17S/c1-2-16(15-11-7-4-8-12-15)13-14-9-5-3-6-10-14/h3-12H,2,13H2,1H3/q+1. The van der Waals surface area contributed by atoms with Gasteiger partial charge in [-0.2, -0.15) is 0 Å². The number of hydrogen-bond acceptors (Lipinski definition) is 0. The molecule has 1 heteroatoms. The molecule has 0 aliphatic heterocycles. The van der Waals surface area contributed by atoms with Gasteiger partial charge in [-0.25, -0.2) is 0 Å². The summed E-state index contributed by atoms with van der Waals surface area (Å²) in [6.07, 6.45) is 0. The third-order valence-electron chi connectivity index (χ3n) is 2.61. The van der Waals surface area contributed by atoms with Crippen molar-refractivity contribution in [3.8, 4) is 0 Å². The Kier molecular flexibility index (Phi) is 4.06. The molecule has 0 N–H and O–H groups in total. The monoisotopic (exact) mass is 229 g/mol. The van der Waals surface area contributed by atoms with E-state index in [9.17, 15) is 0 Å². The Morgan fingerprint density at radius 1 is 0.812 bits per heavy atom. The summed E-state index contributed by atoms with van der Waals surface area (Å²) in [4.78, 5) is 1.48. The summed E-state index contributed by atoms with van der Waals surface area (Å²) in [5.74, 6) is 2.39. The smallest absolute Gasteiger partial charge is 0.0622 e. The molecule has 2 aromatic rings. The minimum atomic E-state index is 0.354. The van der Waals surface area contributed by atoms with E-state index in [2.05, 4.69) is 67.6 Å². The van der Waals surface area contributed by atoms with Crippen LogP contribution in [0.15, 0.2) is 65.6 Å². The van der Waals surface area contributed by atoms with Crippen LogP contribution in [-0.4, -0.2) is 5.75 Å². The Balaban J connectivity index is 2.13. The van der Waals surface area contributed by atoms with Crippen molar-refractivity contribution in [1.82, 2.24) is 0 Å². The lowest BCUT2D eigenvalue weighted by molar-refractivity contribution is 1.32. The predicted octanol–water partition coefficient (Wildman–Crippen LogP) is 3.88. The van der Waals surface area contributed by atoms with Crippen LogP contribution in [0.25, 0.3) is 0 Å². The Hall–Kier alpha value is -1.21. The van der Waals surface area contributed by atoms with E-state index in [-0.39, 0.29) is 0 Å². The van der Waals surface area contributed by atoms with Crippen LogP contribution in [0.1, 0.15) is 12.5 Å². The van der Waals surface area contributed by atoms with E-state index in [0.29, 0.717) is 10.9 Å². The number of rotatable bonds is 4. The van der Waals surface area contributed by atoms with Crippen molar-refractivity contribution in [2.45, 2.75) is 17.6 Å². The first-order valence-corrected chi connectivity index (χ1v) is 7.23. The topological polar surface area (TPSA) is 0 Å². The third kappa shape index (κ3) is 2.89. The molecule has 0 aliphatic rings. The van der Waals surface area contributed by atoms with Crippen LogP contribution >= 0.6 is 0 Å². The second-order valence-electron chi connectivity index (χ2n) is 3.72. The highest BCUT2D eigenvalue weighted by atomic mass is 32.2. The van der Waals surface area contributed by atoms with Gasteiger partial charge in [0, 0.05) is 16.5 Å². The normalized spacial score (nSPS) is 12.3. The molecule has 0 bridgehead atoms. The van der Waals surface area contributed by atoms with Crippen molar-refractivity contribution < 1.29 is 0 Å². The van der Waals surface area contributed by atoms with Gasteiger partial charge in [0.25, 0.3) is 0 Å². The van der Waals surface area contributed by atoms with E-state index >= 15 is 0 Å². The highest BCUT2D eigenvalue weighted by molar-refractivity contribution is 7.96. The molecule has 0 saturated heterocycles. The van der Waals surface area contributed by atoms with Crippen LogP contribution in [0.4, 0.5) is 0 Å². The van der Waals surface area contributed by atoms with Gasteiger partial charge in [0.2, 0.25) is 0 Å². The van der Waals surface area contributed by atoms with Crippen LogP contribution in [0.5, 0.6) is 0 Å². The van der Waals surface area contributed by atoms with Crippen LogP contribution in [0.2, 0.25) is 0 Å². The third-order valence-corrected chi connectivity index (χ3v) is 4.93. The van der Waals surface area contributed by atoms with Crippen molar-refractivity contribution in [2.75, 3.05) is 5.75 Å². The summed E-state index contributed by atoms with van der Waals surface area (Å²) in [6, 6.07) is 21.6. The van der Waals surface area contributed by atoms with Crippen molar-refractivity contribution in [3.63, 3.8) is 0 Å². The maximum Gasteiger partial charge on any atom is 0.155 e. The van der Waals surface area contributed by atoms with E-state index < -0.39 is 0 Å². The summed E-state index contributed by atoms with van der Waals surface area (Å²) >= 11 is 0. The molecule has 16 heavy (non-hydrogen) atoms. The SMILES string of the molecule is CC[S+](Cc1ccccc1)c1ccccc1. The second-order valence-corrected chi connectivity index (χ2v) is 6.05. The highest BCUT2D eigenvalue weighted by Gasteiger charge is 2.18. The zero-order valence-corrected chi connectivity index (χ0v) is 10.4. The second kappa shape index (κ2) is 5.76. The minimum absolute atomic E-state index is 0.354. The molecule has 0 aromatic heterocycles. The van der Waals surface area contributed by atoms with Gasteiger partial charge in [-0.1, -0.05) is 48.5 Å². The van der Waals surface area contributed by atoms with E-state index in [0.717, 1.165) is 0 Å². The van der Waals surface area contributed by atoms with Gasteiger partial charge in [-0.15, -0.1) is 0 Å². The van der Waals surface area contributed by atoms with Crippen LogP contribution in [0, 0.1) is 0 Å². The molecular weight excluding hydrogens is 212 g/mol. The first-order valence-electron chi connectivity index (χ1n) is 5.66. The van der Waals surface area contributed by atoms with Crippen LogP contribution in [0.3, 0.4) is 0 Å². The summed E-state index contributed by atoms with van der Waals surface area (Å²) in [5, 5.41) is 0. The summed E-state index contributed by atoms with van der Waals surface area (Å²) in [7, 11) is 0.354. The summed E-state index contributed by atoms with van der Waals surface area (Å²) in [5.41, 5.74) is 1.44. The lowest BCUT2D eigenvalue weighted by Gasteiger charge is -2.05. The molecule has 0 fully saturated rings. The molecule has 2 aromatic carbocycles. The van der Waals surface area contributed by atoms with Crippen LogP contribution in [-0.2, 0) is 16.6 Å². The van der Waals surface area contributed by atoms with Gasteiger partial charge in [0.1, 0.15) is 11.5 Å². The zero-order valence-electron chi connectivity index (χ0n) is 9.60. The first-order chi connectivity index (χ1) is 7.90. The molecule has 0 amide bonds. The molecule has 0 spiro atoms. The molecule has 1 atom stereocenters. The fraction of sp³-hybridized carbons (Fsp3) is 0.200. The molecule has 0 saturated carbocycles. The maximum absolute atomic E-state index is 2.28. The Bertz CT molecular complexity index is 408. The predicted molar refractivity (Wildman–Crippen MR) is 72.8 cm³/mol. The molecule has 0 aliphatic carbocycles.